The number of aliphatic hydroxyl groups excluding tert-OH is 1. The molecule has 2 unspecified atom stereocenters. The average molecular weight is 316 g/mol. The van der Waals surface area contributed by atoms with Crippen molar-refractivity contribution in [1.82, 2.24) is 9.97 Å². The number of aryl methyl sites for hydroxylation is 1. The summed E-state index contributed by atoms with van der Waals surface area (Å²) in [7, 11) is -1.09. The van der Waals surface area contributed by atoms with Crippen LogP contribution in [-0.2, 0) is 17.2 Å². The molecule has 1 saturated carbocycles. The molecule has 1 aliphatic heterocycles. The van der Waals surface area contributed by atoms with Gasteiger partial charge in [-0.15, -0.1) is 0 Å². The zero-order valence-corrected chi connectivity index (χ0v) is 12.9. The van der Waals surface area contributed by atoms with Gasteiger partial charge in [0.1, 0.15) is 10.7 Å². The highest BCUT2D eigenvalue weighted by Crippen LogP contribution is 2.40. The van der Waals surface area contributed by atoms with Crippen molar-refractivity contribution < 1.29 is 9.32 Å². The maximum atomic E-state index is 12.3. The molecule has 0 amide bonds. The Balaban J connectivity index is 2.01. The van der Waals surface area contributed by atoms with Gasteiger partial charge in [0.05, 0.1) is 28.1 Å². The molecule has 1 aromatic heterocycles. The molecular formula is C13H18ClN3O2S. The van der Waals surface area contributed by atoms with Crippen molar-refractivity contribution in [3.05, 3.63) is 11.0 Å². The highest BCUT2D eigenvalue weighted by Gasteiger charge is 2.42. The van der Waals surface area contributed by atoms with Gasteiger partial charge in [-0.05, 0) is 50.6 Å². The zero-order valence-electron chi connectivity index (χ0n) is 11.4. The predicted molar refractivity (Wildman–Crippen MR) is 78.5 cm³/mol. The minimum absolute atomic E-state index is 0.171. The Kier molecular flexibility index (Phi) is 3.73. The monoisotopic (exact) mass is 315 g/mol. The normalized spacial score (nSPS) is 25.4. The van der Waals surface area contributed by atoms with Crippen molar-refractivity contribution in [3.8, 4) is 0 Å². The van der Waals surface area contributed by atoms with Crippen LogP contribution in [0, 0.1) is 0 Å². The number of rotatable bonds is 3. The molecule has 0 radical (unpaired) electrons. The number of fused-ring (bicyclic) bond motifs is 1. The summed E-state index contributed by atoms with van der Waals surface area (Å²) in [5, 5.41) is 13.5. The van der Waals surface area contributed by atoms with E-state index in [9.17, 15) is 9.32 Å². The molecule has 2 heterocycles. The molecule has 110 valence electrons. The summed E-state index contributed by atoms with van der Waals surface area (Å²) in [6.45, 7) is 1.78. The Morgan fingerprint density at radius 3 is 2.75 bits per heavy atom. The van der Waals surface area contributed by atoms with E-state index >= 15 is 0 Å². The maximum absolute atomic E-state index is 12.3. The fourth-order valence-corrected chi connectivity index (χ4v) is 4.39. The van der Waals surface area contributed by atoms with E-state index in [0.29, 0.717) is 16.5 Å². The number of nitrogens with one attached hydrogen (secondary N) is 1. The molecule has 5 nitrogen and oxygen atoms in total. The van der Waals surface area contributed by atoms with Gasteiger partial charge in [0.25, 0.3) is 0 Å². The van der Waals surface area contributed by atoms with Crippen LogP contribution in [0.5, 0.6) is 0 Å². The third-order valence-corrected chi connectivity index (χ3v) is 6.01. The molecule has 1 aliphatic carbocycles. The van der Waals surface area contributed by atoms with E-state index in [-0.39, 0.29) is 10.8 Å². The number of aromatic nitrogens is 2. The van der Waals surface area contributed by atoms with Gasteiger partial charge >= 0.3 is 0 Å². The molecule has 2 aliphatic rings. The van der Waals surface area contributed by atoms with Gasteiger partial charge in [-0.25, -0.2) is 4.98 Å². The Morgan fingerprint density at radius 2 is 2.15 bits per heavy atom. The Labute approximate surface area is 125 Å². The number of nitrogens with zero attached hydrogens (tertiary/aromatic N) is 2. The standard InChI is InChI=1S/C13H18ClN3O2S/c1-8(18)13(5-3-6-13)17-11-10-9(15-12(14)16-11)4-2-7-20(10)19/h8,18H,2-7H2,1H3,(H,15,16,17). The van der Waals surface area contributed by atoms with Gasteiger partial charge in [0, 0.05) is 5.75 Å². The first-order valence-corrected chi connectivity index (χ1v) is 8.62. The number of hydrogen-bond acceptors (Lipinski definition) is 5. The lowest BCUT2D eigenvalue weighted by atomic mass is 9.73. The minimum Gasteiger partial charge on any atom is -0.391 e. The summed E-state index contributed by atoms with van der Waals surface area (Å²) < 4.78 is 12.3. The van der Waals surface area contributed by atoms with E-state index in [1.165, 1.54) is 0 Å². The second-order valence-electron chi connectivity index (χ2n) is 5.58. The van der Waals surface area contributed by atoms with Crippen LogP contribution in [0.4, 0.5) is 5.82 Å². The van der Waals surface area contributed by atoms with Crippen molar-refractivity contribution in [3.63, 3.8) is 0 Å². The summed E-state index contributed by atoms with van der Waals surface area (Å²) in [6, 6.07) is 0. The molecule has 1 aromatic rings. The summed E-state index contributed by atoms with van der Waals surface area (Å²) >= 11 is 5.98. The quantitative estimate of drug-likeness (QED) is 0.833. The van der Waals surface area contributed by atoms with E-state index in [4.69, 9.17) is 11.6 Å². The molecule has 3 rings (SSSR count). The van der Waals surface area contributed by atoms with Crippen molar-refractivity contribution in [2.24, 2.45) is 0 Å². The molecule has 7 heteroatoms. The fourth-order valence-electron chi connectivity index (χ4n) is 2.87. The first-order valence-electron chi connectivity index (χ1n) is 6.93. The largest absolute Gasteiger partial charge is 0.391 e. The topological polar surface area (TPSA) is 75.1 Å². The van der Waals surface area contributed by atoms with Crippen molar-refractivity contribution in [2.45, 2.75) is 55.6 Å². The summed E-state index contributed by atoms with van der Waals surface area (Å²) in [6.07, 6.45) is 3.98. The lowest BCUT2D eigenvalue weighted by Crippen LogP contribution is -2.53. The van der Waals surface area contributed by atoms with Gasteiger partial charge in [-0.1, -0.05) is 0 Å². The molecule has 1 fully saturated rings. The van der Waals surface area contributed by atoms with E-state index in [0.717, 1.165) is 37.8 Å². The third-order valence-electron chi connectivity index (χ3n) is 4.29. The Bertz CT molecular complexity index is 561. The predicted octanol–water partition coefficient (Wildman–Crippen LogP) is 1.90. The maximum Gasteiger partial charge on any atom is 0.224 e. The Morgan fingerprint density at radius 1 is 1.40 bits per heavy atom. The van der Waals surface area contributed by atoms with Crippen LogP contribution >= 0.6 is 11.6 Å². The highest BCUT2D eigenvalue weighted by atomic mass is 35.5. The third kappa shape index (κ3) is 2.34. The van der Waals surface area contributed by atoms with E-state index in [1.54, 1.807) is 6.92 Å². The van der Waals surface area contributed by atoms with E-state index in [2.05, 4.69) is 15.3 Å². The van der Waals surface area contributed by atoms with Gasteiger partial charge in [0.2, 0.25) is 5.28 Å². The minimum atomic E-state index is -1.09. The molecule has 0 bridgehead atoms. The fraction of sp³-hybridized carbons (Fsp3) is 0.692. The summed E-state index contributed by atoms with van der Waals surface area (Å²) in [4.78, 5) is 9.10. The number of aliphatic hydroxyl groups is 1. The number of anilines is 1. The van der Waals surface area contributed by atoms with Crippen LogP contribution in [0.1, 0.15) is 38.3 Å². The van der Waals surface area contributed by atoms with Crippen LogP contribution in [-0.4, -0.2) is 36.7 Å². The number of halogens is 1. The molecule has 2 atom stereocenters. The average Bonchev–Trinajstić information content (AvgIpc) is 2.32. The first-order chi connectivity index (χ1) is 9.52. The van der Waals surface area contributed by atoms with Crippen molar-refractivity contribution in [2.75, 3.05) is 11.1 Å². The smallest absolute Gasteiger partial charge is 0.224 e. The van der Waals surface area contributed by atoms with Gasteiger partial charge in [0.15, 0.2) is 0 Å². The molecule has 0 aromatic carbocycles. The second-order valence-corrected chi connectivity index (χ2v) is 7.43. The second kappa shape index (κ2) is 5.24. The van der Waals surface area contributed by atoms with Crippen molar-refractivity contribution >= 4 is 28.2 Å². The van der Waals surface area contributed by atoms with Crippen LogP contribution in [0.3, 0.4) is 0 Å². The molecule has 2 N–H and O–H groups in total. The summed E-state index contributed by atoms with van der Waals surface area (Å²) in [5.74, 6) is 1.17. The molecule has 20 heavy (non-hydrogen) atoms. The van der Waals surface area contributed by atoms with Gasteiger partial charge in [-0.3, -0.25) is 4.21 Å². The van der Waals surface area contributed by atoms with Crippen LogP contribution < -0.4 is 5.32 Å². The number of hydrogen-bond donors (Lipinski definition) is 2. The zero-order chi connectivity index (χ0) is 14.3. The summed E-state index contributed by atoms with van der Waals surface area (Å²) in [5.41, 5.74) is 0.407. The lowest BCUT2D eigenvalue weighted by molar-refractivity contribution is 0.0631. The van der Waals surface area contributed by atoms with Gasteiger partial charge < -0.3 is 10.4 Å². The SMILES string of the molecule is CC(O)C1(Nc2nc(Cl)nc3c2S(=O)CCC3)CCC1. The molecule has 0 spiro atoms. The van der Waals surface area contributed by atoms with Crippen LogP contribution in [0.15, 0.2) is 4.90 Å². The molecular weight excluding hydrogens is 298 g/mol. The van der Waals surface area contributed by atoms with Crippen LogP contribution in [0.2, 0.25) is 5.28 Å². The van der Waals surface area contributed by atoms with Crippen molar-refractivity contribution in [1.29, 1.82) is 0 Å². The van der Waals surface area contributed by atoms with E-state index < -0.39 is 16.9 Å². The lowest BCUT2D eigenvalue weighted by Gasteiger charge is -2.45. The van der Waals surface area contributed by atoms with Gasteiger partial charge in [-0.2, -0.15) is 4.98 Å². The highest BCUT2D eigenvalue weighted by molar-refractivity contribution is 7.85. The first kappa shape index (κ1) is 14.2. The van der Waals surface area contributed by atoms with E-state index in [1.807, 2.05) is 0 Å². The van der Waals surface area contributed by atoms with Crippen LogP contribution in [0.25, 0.3) is 0 Å². The Hall–Kier alpha value is -0.720. The molecule has 0 saturated heterocycles.